The fourth-order valence-electron chi connectivity index (χ4n) is 2.10. The van der Waals surface area contributed by atoms with E-state index in [2.05, 4.69) is 0 Å². The van der Waals surface area contributed by atoms with Crippen molar-refractivity contribution in [3.63, 3.8) is 0 Å². The lowest BCUT2D eigenvalue weighted by Gasteiger charge is -2.00. The van der Waals surface area contributed by atoms with E-state index in [4.69, 9.17) is 9.52 Å². The number of fused-ring (bicyclic) bond motifs is 1. The van der Waals surface area contributed by atoms with Crippen LogP contribution in [0.2, 0.25) is 0 Å². The van der Waals surface area contributed by atoms with E-state index >= 15 is 0 Å². The van der Waals surface area contributed by atoms with Gasteiger partial charge in [-0.15, -0.1) is 0 Å². The van der Waals surface area contributed by atoms with Gasteiger partial charge in [-0.3, -0.25) is 0 Å². The minimum Gasteiger partial charge on any atom is -0.478 e. The topological polar surface area (TPSA) is 50.4 Å². The van der Waals surface area contributed by atoms with Crippen molar-refractivity contribution in [3.05, 3.63) is 60.1 Å². The van der Waals surface area contributed by atoms with Gasteiger partial charge in [0, 0.05) is 10.9 Å². The van der Waals surface area contributed by atoms with Crippen LogP contribution in [-0.4, -0.2) is 11.1 Å². The molecule has 0 radical (unpaired) electrons. The number of aromatic carboxylic acids is 1. The molecule has 1 heterocycles. The SMILES string of the molecule is O=C(O)c1cc(F)cc2c(-c3ccccc3)coc12. The van der Waals surface area contributed by atoms with Crippen LogP contribution >= 0.6 is 0 Å². The summed E-state index contributed by atoms with van der Waals surface area (Å²) < 4.78 is 18.8. The summed E-state index contributed by atoms with van der Waals surface area (Å²) in [5.41, 5.74) is 1.55. The van der Waals surface area contributed by atoms with Gasteiger partial charge in [-0.2, -0.15) is 0 Å². The Balaban J connectivity index is 2.32. The Morgan fingerprint density at radius 2 is 1.89 bits per heavy atom. The number of carbonyl (C=O) groups is 1. The van der Waals surface area contributed by atoms with E-state index in [1.54, 1.807) is 0 Å². The van der Waals surface area contributed by atoms with Crippen LogP contribution in [-0.2, 0) is 0 Å². The molecule has 0 atom stereocenters. The number of halogens is 1. The Morgan fingerprint density at radius 1 is 1.16 bits per heavy atom. The van der Waals surface area contributed by atoms with Gasteiger partial charge in [-0.05, 0) is 17.7 Å². The molecule has 0 aliphatic carbocycles. The van der Waals surface area contributed by atoms with E-state index in [1.807, 2.05) is 30.3 Å². The molecule has 1 aromatic heterocycles. The smallest absolute Gasteiger partial charge is 0.339 e. The first-order valence-corrected chi connectivity index (χ1v) is 5.66. The minimum atomic E-state index is -1.21. The van der Waals surface area contributed by atoms with Gasteiger partial charge >= 0.3 is 5.97 Å². The molecule has 0 fully saturated rings. The van der Waals surface area contributed by atoms with Gasteiger partial charge in [0.05, 0.1) is 6.26 Å². The zero-order valence-corrected chi connectivity index (χ0v) is 9.76. The maximum atomic E-state index is 13.5. The van der Waals surface area contributed by atoms with Gasteiger partial charge in [0.25, 0.3) is 0 Å². The average molecular weight is 256 g/mol. The van der Waals surface area contributed by atoms with Crippen LogP contribution in [0.25, 0.3) is 22.1 Å². The summed E-state index contributed by atoms with van der Waals surface area (Å²) in [5.74, 6) is -1.80. The number of rotatable bonds is 2. The summed E-state index contributed by atoms with van der Waals surface area (Å²) in [6, 6.07) is 11.5. The molecular formula is C15H9FO3. The Kier molecular flexibility index (Phi) is 2.56. The quantitative estimate of drug-likeness (QED) is 0.755. The maximum Gasteiger partial charge on any atom is 0.339 e. The molecule has 3 rings (SSSR count). The monoisotopic (exact) mass is 256 g/mol. The Morgan fingerprint density at radius 3 is 2.58 bits per heavy atom. The fourth-order valence-corrected chi connectivity index (χ4v) is 2.10. The minimum absolute atomic E-state index is 0.169. The normalized spacial score (nSPS) is 10.8. The zero-order valence-electron chi connectivity index (χ0n) is 9.76. The lowest BCUT2D eigenvalue weighted by atomic mass is 10.0. The van der Waals surface area contributed by atoms with E-state index in [-0.39, 0.29) is 11.1 Å². The Hall–Kier alpha value is -2.62. The van der Waals surface area contributed by atoms with Crippen LogP contribution in [0, 0.1) is 5.82 Å². The van der Waals surface area contributed by atoms with Gasteiger partial charge in [0.1, 0.15) is 17.0 Å². The molecule has 3 nitrogen and oxygen atoms in total. The molecule has 0 spiro atoms. The third-order valence-electron chi connectivity index (χ3n) is 2.95. The van der Waals surface area contributed by atoms with E-state index in [9.17, 15) is 9.18 Å². The third-order valence-corrected chi connectivity index (χ3v) is 2.95. The van der Waals surface area contributed by atoms with Crippen LogP contribution in [0.1, 0.15) is 10.4 Å². The molecule has 0 saturated heterocycles. The van der Waals surface area contributed by atoms with Crippen LogP contribution in [0.3, 0.4) is 0 Å². The molecule has 0 aliphatic rings. The van der Waals surface area contributed by atoms with Gasteiger partial charge in [0.2, 0.25) is 0 Å². The lowest BCUT2D eigenvalue weighted by molar-refractivity contribution is 0.0697. The number of hydrogen-bond acceptors (Lipinski definition) is 2. The van der Waals surface area contributed by atoms with E-state index in [0.29, 0.717) is 10.9 Å². The van der Waals surface area contributed by atoms with Crippen molar-refractivity contribution in [2.45, 2.75) is 0 Å². The van der Waals surface area contributed by atoms with Crippen LogP contribution in [0.4, 0.5) is 4.39 Å². The maximum absolute atomic E-state index is 13.5. The largest absolute Gasteiger partial charge is 0.478 e. The summed E-state index contributed by atoms with van der Waals surface area (Å²) in [6.07, 6.45) is 1.45. The highest BCUT2D eigenvalue weighted by atomic mass is 19.1. The molecule has 19 heavy (non-hydrogen) atoms. The second kappa shape index (κ2) is 4.24. The summed E-state index contributed by atoms with van der Waals surface area (Å²) >= 11 is 0. The molecule has 4 heteroatoms. The second-order valence-corrected chi connectivity index (χ2v) is 4.15. The van der Waals surface area contributed by atoms with Crippen molar-refractivity contribution in [1.29, 1.82) is 0 Å². The molecule has 3 aromatic rings. The Labute approximate surface area is 107 Å². The molecule has 0 bridgehead atoms. The molecule has 0 unspecified atom stereocenters. The zero-order chi connectivity index (χ0) is 13.4. The molecule has 0 saturated carbocycles. The van der Waals surface area contributed by atoms with Gasteiger partial charge in [-0.1, -0.05) is 30.3 Å². The van der Waals surface area contributed by atoms with E-state index < -0.39 is 11.8 Å². The fraction of sp³-hybridized carbons (Fsp3) is 0. The molecule has 0 aliphatic heterocycles. The third kappa shape index (κ3) is 1.87. The Bertz CT molecular complexity index is 760. The molecule has 1 N–H and O–H groups in total. The number of benzene rings is 2. The highest BCUT2D eigenvalue weighted by Gasteiger charge is 2.17. The summed E-state index contributed by atoms with van der Waals surface area (Å²) in [6.45, 7) is 0. The highest BCUT2D eigenvalue weighted by molar-refractivity contribution is 6.05. The number of furan rings is 1. The van der Waals surface area contributed by atoms with Crippen LogP contribution in [0.5, 0.6) is 0 Å². The first kappa shape index (κ1) is 11.5. The van der Waals surface area contributed by atoms with Crippen molar-refractivity contribution in [1.82, 2.24) is 0 Å². The van der Waals surface area contributed by atoms with Crippen molar-refractivity contribution >= 4 is 16.9 Å². The first-order chi connectivity index (χ1) is 9.16. The highest BCUT2D eigenvalue weighted by Crippen LogP contribution is 2.33. The molecule has 0 amide bonds. The van der Waals surface area contributed by atoms with Gasteiger partial charge in [-0.25, -0.2) is 9.18 Å². The van der Waals surface area contributed by atoms with Gasteiger partial charge in [0.15, 0.2) is 0 Å². The standard InChI is InChI=1S/C15H9FO3/c16-10-6-11-13(9-4-2-1-3-5-9)8-19-14(11)12(7-10)15(17)18/h1-8H,(H,17,18). The molecule has 2 aromatic carbocycles. The number of carboxylic acid groups (broad SMARTS) is 1. The second-order valence-electron chi connectivity index (χ2n) is 4.15. The van der Waals surface area contributed by atoms with Crippen LogP contribution in [0.15, 0.2) is 53.1 Å². The molecular weight excluding hydrogens is 247 g/mol. The van der Waals surface area contributed by atoms with Crippen molar-refractivity contribution in [2.75, 3.05) is 0 Å². The summed E-state index contributed by atoms with van der Waals surface area (Å²) in [7, 11) is 0. The number of carboxylic acids is 1. The molecule has 94 valence electrons. The van der Waals surface area contributed by atoms with Gasteiger partial charge < -0.3 is 9.52 Å². The van der Waals surface area contributed by atoms with Crippen LogP contribution < -0.4 is 0 Å². The van der Waals surface area contributed by atoms with Crippen molar-refractivity contribution in [2.24, 2.45) is 0 Å². The van der Waals surface area contributed by atoms with Crippen molar-refractivity contribution < 1.29 is 18.7 Å². The first-order valence-electron chi connectivity index (χ1n) is 5.66. The van der Waals surface area contributed by atoms with E-state index in [1.165, 1.54) is 12.3 Å². The average Bonchev–Trinajstić information content (AvgIpc) is 2.82. The van der Waals surface area contributed by atoms with Crippen molar-refractivity contribution in [3.8, 4) is 11.1 Å². The summed E-state index contributed by atoms with van der Waals surface area (Å²) in [4.78, 5) is 11.1. The lowest BCUT2D eigenvalue weighted by Crippen LogP contribution is -1.97. The summed E-state index contributed by atoms with van der Waals surface area (Å²) in [5, 5.41) is 9.52. The predicted molar refractivity (Wildman–Crippen MR) is 68.6 cm³/mol. The predicted octanol–water partition coefficient (Wildman–Crippen LogP) is 3.94. The van der Waals surface area contributed by atoms with E-state index in [0.717, 1.165) is 11.6 Å². The number of hydrogen-bond donors (Lipinski definition) is 1.